The first kappa shape index (κ1) is 26.0. The average molecular weight is 526 g/mol. The van der Waals surface area contributed by atoms with Gasteiger partial charge in [0.05, 0.1) is 31.7 Å². The van der Waals surface area contributed by atoms with E-state index in [2.05, 4.69) is 4.98 Å². The number of carbonyl (C=O) groups excluding carboxylic acids is 2. The molecule has 1 aliphatic rings. The number of hydrogen-bond acceptors (Lipinski definition) is 5. The number of benzene rings is 3. The van der Waals surface area contributed by atoms with Gasteiger partial charge in [0, 0.05) is 30.0 Å². The Bertz CT molecular complexity index is 1580. The Kier molecular flexibility index (Phi) is 6.83. The van der Waals surface area contributed by atoms with Crippen molar-refractivity contribution in [2.45, 2.75) is 30.7 Å². The second-order valence-electron chi connectivity index (χ2n) is 9.59. The maximum absolute atomic E-state index is 14.6. The van der Waals surface area contributed by atoms with Crippen LogP contribution < -0.4 is 4.74 Å². The molecule has 0 N–H and O–H groups in total. The van der Waals surface area contributed by atoms with Gasteiger partial charge in [-0.3, -0.25) is 14.6 Å². The molecular formula is C31H25F2N3O3. The topological polar surface area (TPSA) is 83.3 Å². The Morgan fingerprint density at radius 3 is 2.41 bits per heavy atom. The van der Waals surface area contributed by atoms with Crippen LogP contribution in [0.15, 0.2) is 85.1 Å². The molecule has 6 nitrogen and oxygen atoms in total. The van der Waals surface area contributed by atoms with Gasteiger partial charge < -0.3 is 9.64 Å². The summed E-state index contributed by atoms with van der Waals surface area (Å²) in [4.78, 5) is 31.8. The number of ketones is 1. The molecule has 1 fully saturated rings. The summed E-state index contributed by atoms with van der Waals surface area (Å²) in [5, 5.41) is 10.6. The molecule has 0 radical (unpaired) electrons. The summed E-state index contributed by atoms with van der Waals surface area (Å²) in [6.45, 7) is -0.869. The molecule has 1 atom stereocenters. The largest absolute Gasteiger partial charge is 0.497 e. The molecule has 5 rings (SSSR count). The summed E-state index contributed by atoms with van der Waals surface area (Å²) >= 11 is 0. The molecule has 1 aromatic heterocycles. The van der Waals surface area contributed by atoms with E-state index in [-0.39, 0.29) is 18.6 Å². The average Bonchev–Trinajstić information content (AvgIpc) is 3.27. The SMILES string of the molecule is COc1ccc(-c2ccc3nccc(C(=O)CCC(=O)N4CC(F)(F)C[C@]4(C#N)c4ccccc4)c3c2)cc1. The minimum absolute atomic E-state index is 0.191. The normalized spacial score (nSPS) is 18.1. The van der Waals surface area contributed by atoms with E-state index in [1.807, 2.05) is 48.5 Å². The number of rotatable bonds is 7. The van der Waals surface area contributed by atoms with Crippen molar-refractivity contribution in [3.63, 3.8) is 0 Å². The Morgan fingerprint density at radius 2 is 1.72 bits per heavy atom. The van der Waals surface area contributed by atoms with E-state index in [1.165, 1.54) is 6.20 Å². The number of carbonyl (C=O) groups is 2. The molecule has 8 heteroatoms. The molecule has 0 saturated carbocycles. The molecule has 3 aromatic carbocycles. The Balaban J connectivity index is 1.39. The van der Waals surface area contributed by atoms with Gasteiger partial charge >= 0.3 is 0 Å². The number of ether oxygens (including phenoxy) is 1. The lowest BCUT2D eigenvalue weighted by Crippen LogP contribution is -2.44. The van der Waals surface area contributed by atoms with Crippen LogP contribution in [0.3, 0.4) is 0 Å². The van der Waals surface area contributed by atoms with Crippen LogP contribution in [-0.4, -0.2) is 41.2 Å². The molecule has 4 aromatic rings. The van der Waals surface area contributed by atoms with Gasteiger partial charge in [-0.15, -0.1) is 0 Å². The zero-order valence-corrected chi connectivity index (χ0v) is 21.2. The highest BCUT2D eigenvalue weighted by Crippen LogP contribution is 2.46. The van der Waals surface area contributed by atoms with Crippen molar-refractivity contribution in [2.24, 2.45) is 0 Å². The first-order valence-corrected chi connectivity index (χ1v) is 12.5. The standard InChI is InChI=1S/C31H25F2N3O3/c1-39-24-10-7-21(8-11-24)22-9-12-27-26(17-22)25(15-16-35-27)28(37)13-14-29(38)36-20-31(32,33)18-30(36,19-34)23-5-3-2-4-6-23/h2-12,15-17H,13-14,18,20H2,1H3/t30-/m0/s1. The first-order chi connectivity index (χ1) is 18.8. The Morgan fingerprint density at radius 1 is 1.00 bits per heavy atom. The Labute approximate surface area is 224 Å². The quantitative estimate of drug-likeness (QED) is 0.270. The third-order valence-corrected chi connectivity index (χ3v) is 7.13. The molecule has 1 saturated heterocycles. The Hall–Kier alpha value is -4.64. The lowest BCUT2D eigenvalue weighted by Gasteiger charge is -2.32. The highest BCUT2D eigenvalue weighted by Gasteiger charge is 2.57. The van der Waals surface area contributed by atoms with Crippen molar-refractivity contribution in [3.05, 3.63) is 96.2 Å². The molecule has 0 bridgehead atoms. The number of Topliss-reactive ketones (excluding diaryl/α,β-unsaturated/α-hetero) is 1. The van der Waals surface area contributed by atoms with Crippen LogP contribution in [0.2, 0.25) is 0 Å². The number of pyridine rings is 1. The number of amides is 1. The van der Waals surface area contributed by atoms with Crippen molar-refractivity contribution in [2.75, 3.05) is 13.7 Å². The second-order valence-corrected chi connectivity index (χ2v) is 9.59. The molecule has 0 unspecified atom stereocenters. The summed E-state index contributed by atoms with van der Waals surface area (Å²) in [6.07, 6.45) is 0.251. The molecule has 1 amide bonds. The van der Waals surface area contributed by atoms with E-state index in [4.69, 9.17) is 4.74 Å². The van der Waals surface area contributed by atoms with Crippen LogP contribution in [0.1, 0.15) is 35.2 Å². The van der Waals surface area contributed by atoms with Crippen LogP contribution in [0.5, 0.6) is 5.75 Å². The van der Waals surface area contributed by atoms with Crippen molar-refractivity contribution in [1.29, 1.82) is 5.26 Å². The molecule has 1 aliphatic heterocycles. The number of hydrogen-bond donors (Lipinski definition) is 0. The van der Waals surface area contributed by atoms with Crippen LogP contribution in [0.25, 0.3) is 22.0 Å². The third-order valence-electron chi connectivity index (χ3n) is 7.13. The maximum atomic E-state index is 14.6. The number of fused-ring (bicyclic) bond motifs is 1. The van der Waals surface area contributed by atoms with Gasteiger partial charge in [-0.25, -0.2) is 8.78 Å². The van der Waals surface area contributed by atoms with Crippen molar-refractivity contribution >= 4 is 22.6 Å². The predicted molar refractivity (Wildman–Crippen MR) is 142 cm³/mol. The summed E-state index contributed by atoms with van der Waals surface area (Å²) < 4.78 is 34.3. The van der Waals surface area contributed by atoms with Crippen LogP contribution in [0, 0.1) is 11.3 Å². The van der Waals surface area contributed by atoms with Gasteiger partial charge in [-0.2, -0.15) is 5.26 Å². The molecule has 0 spiro atoms. The highest BCUT2D eigenvalue weighted by molar-refractivity contribution is 6.08. The fraction of sp³-hybridized carbons (Fsp3) is 0.226. The minimum atomic E-state index is -3.22. The third kappa shape index (κ3) is 4.96. The molecular weight excluding hydrogens is 500 g/mol. The number of likely N-dealkylation sites (tertiary alicyclic amines) is 1. The number of halogens is 2. The zero-order chi connectivity index (χ0) is 27.6. The molecule has 2 heterocycles. The van der Waals surface area contributed by atoms with E-state index in [0.29, 0.717) is 22.0 Å². The lowest BCUT2D eigenvalue weighted by atomic mass is 9.87. The van der Waals surface area contributed by atoms with Crippen molar-refractivity contribution in [3.8, 4) is 22.9 Å². The monoisotopic (exact) mass is 525 g/mol. The van der Waals surface area contributed by atoms with Gasteiger partial charge in [0.15, 0.2) is 11.3 Å². The van der Waals surface area contributed by atoms with Crippen LogP contribution >= 0.6 is 0 Å². The van der Waals surface area contributed by atoms with Crippen molar-refractivity contribution in [1.82, 2.24) is 9.88 Å². The number of nitrogens with zero attached hydrogens (tertiary/aromatic N) is 3. The predicted octanol–water partition coefficient (Wildman–Crippen LogP) is 6.16. The van der Waals surface area contributed by atoms with E-state index in [0.717, 1.165) is 21.8 Å². The van der Waals surface area contributed by atoms with Crippen molar-refractivity contribution < 1.29 is 23.1 Å². The van der Waals surface area contributed by atoms with Gasteiger partial charge in [-0.1, -0.05) is 48.5 Å². The summed E-state index contributed by atoms with van der Waals surface area (Å²) in [7, 11) is 1.59. The van der Waals surface area contributed by atoms with Gasteiger partial charge in [0.25, 0.3) is 5.92 Å². The van der Waals surface area contributed by atoms with E-state index in [1.54, 1.807) is 43.5 Å². The van der Waals surface area contributed by atoms with Gasteiger partial charge in [0.2, 0.25) is 5.91 Å². The van der Waals surface area contributed by atoms with E-state index < -0.39 is 30.3 Å². The number of alkyl halides is 2. The summed E-state index contributed by atoms with van der Waals surface area (Å²) in [5.41, 5.74) is 1.36. The maximum Gasteiger partial charge on any atom is 0.269 e. The number of aromatic nitrogens is 1. The van der Waals surface area contributed by atoms with Gasteiger partial charge in [-0.05, 0) is 47.0 Å². The van der Waals surface area contributed by atoms with E-state index in [9.17, 15) is 23.6 Å². The minimum Gasteiger partial charge on any atom is -0.497 e. The first-order valence-electron chi connectivity index (χ1n) is 12.5. The number of nitriles is 1. The molecule has 0 aliphatic carbocycles. The highest BCUT2D eigenvalue weighted by atomic mass is 19.3. The fourth-order valence-corrected chi connectivity index (χ4v) is 5.17. The van der Waals surface area contributed by atoms with Crippen LogP contribution in [0.4, 0.5) is 8.78 Å². The lowest BCUT2D eigenvalue weighted by molar-refractivity contribution is -0.135. The van der Waals surface area contributed by atoms with E-state index >= 15 is 0 Å². The zero-order valence-electron chi connectivity index (χ0n) is 21.2. The fourth-order valence-electron chi connectivity index (χ4n) is 5.17. The van der Waals surface area contributed by atoms with Gasteiger partial charge in [0.1, 0.15) is 5.75 Å². The second kappa shape index (κ2) is 10.3. The summed E-state index contributed by atoms with van der Waals surface area (Å²) in [5.74, 6) is -3.46. The number of methoxy groups -OCH3 is 1. The molecule has 196 valence electrons. The smallest absolute Gasteiger partial charge is 0.269 e. The van der Waals surface area contributed by atoms with Crippen LogP contribution in [-0.2, 0) is 10.3 Å². The summed E-state index contributed by atoms with van der Waals surface area (Å²) in [6, 6.07) is 24.8. The molecule has 39 heavy (non-hydrogen) atoms.